The highest BCUT2D eigenvalue weighted by atomic mass is 16.2. The predicted molar refractivity (Wildman–Crippen MR) is 73.0 cm³/mol. The van der Waals surface area contributed by atoms with Gasteiger partial charge in [-0.25, -0.2) is 0 Å². The van der Waals surface area contributed by atoms with Crippen molar-refractivity contribution < 1.29 is 14.4 Å². The van der Waals surface area contributed by atoms with Crippen molar-refractivity contribution in [1.82, 2.24) is 10.6 Å². The second kappa shape index (κ2) is 4.77. The number of carbonyl (C=O) groups is 3. The molecular weight excluding hydrogens is 256 g/mol. The molecule has 1 unspecified atom stereocenters. The number of hydrogen-bond donors (Lipinski definition) is 2. The van der Waals surface area contributed by atoms with E-state index < -0.39 is 11.9 Å². The van der Waals surface area contributed by atoms with E-state index in [1.165, 1.54) is 0 Å². The third-order valence-electron chi connectivity index (χ3n) is 3.29. The number of rotatable bonds is 2. The van der Waals surface area contributed by atoms with Gasteiger partial charge in [0.1, 0.15) is 6.04 Å². The molecule has 0 aromatic heterocycles. The number of amides is 3. The maximum Gasteiger partial charge on any atom is 0.251 e. The molecule has 0 aliphatic carbocycles. The number of carbonyl (C=O) groups excluding carboxylic acids is 3. The molecule has 1 fully saturated rings. The van der Waals surface area contributed by atoms with E-state index in [-0.39, 0.29) is 18.2 Å². The zero-order valence-electron chi connectivity index (χ0n) is 10.6. The molecule has 3 rings (SSSR count). The van der Waals surface area contributed by atoms with E-state index in [0.717, 1.165) is 10.8 Å². The zero-order valence-corrected chi connectivity index (χ0v) is 10.6. The van der Waals surface area contributed by atoms with Crippen LogP contribution in [0.25, 0.3) is 10.8 Å². The topological polar surface area (TPSA) is 75.3 Å². The number of hydrogen-bond acceptors (Lipinski definition) is 3. The van der Waals surface area contributed by atoms with Gasteiger partial charge in [-0.15, -0.1) is 0 Å². The van der Waals surface area contributed by atoms with E-state index >= 15 is 0 Å². The minimum atomic E-state index is -0.776. The zero-order chi connectivity index (χ0) is 14.1. The number of benzene rings is 2. The Labute approximate surface area is 115 Å². The van der Waals surface area contributed by atoms with Crippen molar-refractivity contribution in [3.63, 3.8) is 0 Å². The molecule has 20 heavy (non-hydrogen) atoms. The normalized spacial score (nSPS) is 18.1. The van der Waals surface area contributed by atoms with Crippen LogP contribution in [0.5, 0.6) is 0 Å². The number of fused-ring (bicyclic) bond motifs is 1. The molecule has 2 aromatic rings. The lowest BCUT2D eigenvalue weighted by Gasteiger charge is -2.09. The molecule has 2 N–H and O–H groups in total. The van der Waals surface area contributed by atoms with Crippen molar-refractivity contribution in [2.24, 2.45) is 0 Å². The largest absolute Gasteiger partial charge is 0.340 e. The summed E-state index contributed by atoms with van der Waals surface area (Å²) in [7, 11) is 0. The van der Waals surface area contributed by atoms with Crippen molar-refractivity contribution in [3.8, 4) is 0 Å². The van der Waals surface area contributed by atoms with Crippen LogP contribution in [0.15, 0.2) is 42.5 Å². The van der Waals surface area contributed by atoms with Gasteiger partial charge >= 0.3 is 0 Å². The van der Waals surface area contributed by atoms with E-state index in [1.807, 2.05) is 30.3 Å². The third kappa shape index (κ3) is 2.25. The van der Waals surface area contributed by atoms with Crippen molar-refractivity contribution in [2.75, 3.05) is 0 Å². The third-order valence-corrected chi connectivity index (χ3v) is 3.29. The van der Waals surface area contributed by atoms with E-state index in [0.29, 0.717) is 5.56 Å². The molecule has 0 saturated carbocycles. The first-order valence-corrected chi connectivity index (χ1v) is 6.27. The smallest absolute Gasteiger partial charge is 0.251 e. The lowest BCUT2D eigenvalue weighted by molar-refractivity contribution is -0.125. The fourth-order valence-corrected chi connectivity index (χ4v) is 2.24. The Kier molecular flexibility index (Phi) is 2.95. The molecule has 1 atom stereocenters. The van der Waals surface area contributed by atoms with E-state index in [1.54, 1.807) is 12.1 Å². The fourth-order valence-electron chi connectivity index (χ4n) is 2.24. The average molecular weight is 268 g/mol. The predicted octanol–water partition coefficient (Wildman–Crippen LogP) is 0.985. The average Bonchev–Trinajstić information content (AvgIpc) is 2.76. The molecular formula is C15H12N2O3. The van der Waals surface area contributed by atoms with Crippen LogP contribution in [0.3, 0.4) is 0 Å². The van der Waals surface area contributed by atoms with Gasteiger partial charge in [0, 0.05) is 5.56 Å². The van der Waals surface area contributed by atoms with Gasteiger partial charge in [-0.3, -0.25) is 19.7 Å². The van der Waals surface area contributed by atoms with E-state index in [4.69, 9.17) is 0 Å². The van der Waals surface area contributed by atoms with Crippen LogP contribution in [0.2, 0.25) is 0 Å². The summed E-state index contributed by atoms with van der Waals surface area (Å²) in [6, 6.07) is 12.2. The molecule has 0 spiro atoms. The van der Waals surface area contributed by atoms with E-state index in [9.17, 15) is 14.4 Å². The number of nitrogens with one attached hydrogen (secondary N) is 2. The van der Waals surface area contributed by atoms with Gasteiger partial charge < -0.3 is 5.32 Å². The summed E-state index contributed by atoms with van der Waals surface area (Å²) in [5, 5.41) is 6.72. The molecule has 0 bridgehead atoms. The van der Waals surface area contributed by atoms with Gasteiger partial charge in [-0.05, 0) is 22.9 Å². The molecule has 100 valence electrons. The molecule has 1 aliphatic rings. The van der Waals surface area contributed by atoms with Crippen LogP contribution in [0.4, 0.5) is 0 Å². The Hall–Kier alpha value is -2.69. The monoisotopic (exact) mass is 268 g/mol. The quantitative estimate of drug-likeness (QED) is 0.797. The van der Waals surface area contributed by atoms with Gasteiger partial charge in [0.25, 0.3) is 5.91 Å². The minimum absolute atomic E-state index is 0.00183. The summed E-state index contributed by atoms with van der Waals surface area (Å²) in [5.74, 6) is -1.17. The maximum atomic E-state index is 12.1. The Balaban J connectivity index is 1.82. The summed E-state index contributed by atoms with van der Waals surface area (Å²) in [6.45, 7) is 0. The van der Waals surface area contributed by atoms with Gasteiger partial charge in [-0.1, -0.05) is 30.3 Å². The van der Waals surface area contributed by atoms with Gasteiger partial charge in [-0.2, -0.15) is 0 Å². The minimum Gasteiger partial charge on any atom is -0.340 e. The summed E-state index contributed by atoms with van der Waals surface area (Å²) in [4.78, 5) is 34.6. The molecule has 1 aliphatic heterocycles. The Morgan fingerprint density at radius 1 is 1.10 bits per heavy atom. The summed E-state index contributed by atoms with van der Waals surface area (Å²) >= 11 is 0. The van der Waals surface area contributed by atoms with Crippen molar-refractivity contribution in [1.29, 1.82) is 0 Å². The first kappa shape index (κ1) is 12.3. The standard InChI is InChI=1S/C15H12N2O3/c18-13-8-12(15(20)17-13)16-14(19)11-6-5-9-3-1-2-4-10(9)7-11/h1-7,12H,8H2,(H,16,19)(H,17,18,20). The van der Waals surface area contributed by atoms with Crippen molar-refractivity contribution in [2.45, 2.75) is 12.5 Å². The van der Waals surface area contributed by atoms with Crippen molar-refractivity contribution >= 4 is 28.5 Å². The van der Waals surface area contributed by atoms with Gasteiger partial charge in [0.15, 0.2) is 0 Å². The van der Waals surface area contributed by atoms with Crippen molar-refractivity contribution in [3.05, 3.63) is 48.0 Å². The first-order chi connectivity index (χ1) is 9.63. The first-order valence-electron chi connectivity index (χ1n) is 6.27. The van der Waals surface area contributed by atoms with Crippen LogP contribution in [-0.2, 0) is 9.59 Å². The Morgan fingerprint density at radius 2 is 1.85 bits per heavy atom. The molecule has 1 heterocycles. The van der Waals surface area contributed by atoms with E-state index in [2.05, 4.69) is 10.6 Å². The maximum absolute atomic E-state index is 12.1. The van der Waals surface area contributed by atoms with Gasteiger partial charge in [0.05, 0.1) is 6.42 Å². The Bertz CT molecular complexity index is 724. The van der Waals surface area contributed by atoms with Crippen LogP contribution in [0, 0.1) is 0 Å². The Morgan fingerprint density at radius 3 is 2.55 bits per heavy atom. The second-order valence-corrected chi connectivity index (χ2v) is 4.70. The summed E-state index contributed by atoms with van der Waals surface area (Å²) in [5.41, 5.74) is 0.468. The number of imide groups is 1. The van der Waals surface area contributed by atoms with Crippen LogP contribution in [-0.4, -0.2) is 23.8 Å². The van der Waals surface area contributed by atoms with Crippen LogP contribution >= 0.6 is 0 Å². The van der Waals surface area contributed by atoms with Gasteiger partial charge in [0.2, 0.25) is 11.8 Å². The molecule has 2 aromatic carbocycles. The summed E-state index contributed by atoms with van der Waals surface area (Å²) < 4.78 is 0. The molecule has 5 heteroatoms. The molecule has 3 amide bonds. The second-order valence-electron chi connectivity index (χ2n) is 4.70. The van der Waals surface area contributed by atoms with Crippen LogP contribution in [0.1, 0.15) is 16.8 Å². The highest BCUT2D eigenvalue weighted by Crippen LogP contribution is 2.16. The summed E-state index contributed by atoms with van der Waals surface area (Å²) in [6.07, 6.45) is -0.00183. The molecule has 1 saturated heterocycles. The highest BCUT2D eigenvalue weighted by molar-refractivity contribution is 6.08. The highest BCUT2D eigenvalue weighted by Gasteiger charge is 2.31. The fraction of sp³-hybridized carbons (Fsp3) is 0.133. The van der Waals surface area contributed by atoms with Crippen LogP contribution < -0.4 is 10.6 Å². The lowest BCUT2D eigenvalue weighted by atomic mass is 10.1. The SMILES string of the molecule is O=C1CC(NC(=O)c2ccc3ccccc3c2)C(=O)N1. The lowest BCUT2D eigenvalue weighted by Crippen LogP contribution is -2.40. The molecule has 0 radical (unpaired) electrons. The molecule has 5 nitrogen and oxygen atoms in total.